The van der Waals surface area contributed by atoms with E-state index in [-0.39, 0.29) is 5.91 Å². The number of allylic oxidation sites excluding steroid dienone is 1. The van der Waals surface area contributed by atoms with Crippen molar-refractivity contribution >= 4 is 17.4 Å². The predicted octanol–water partition coefficient (Wildman–Crippen LogP) is 1.38. The van der Waals surface area contributed by atoms with Crippen LogP contribution in [0.3, 0.4) is 0 Å². The zero-order valence-electron chi connectivity index (χ0n) is 10.4. The van der Waals surface area contributed by atoms with Gasteiger partial charge in [-0.25, -0.2) is 4.98 Å². The topological polar surface area (TPSA) is 71.2 Å². The van der Waals surface area contributed by atoms with Crippen molar-refractivity contribution in [1.82, 2.24) is 10.3 Å². The van der Waals surface area contributed by atoms with Crippen molar-refractivity contribution in [2.24, 2.45) is 0 Å². The van der Waals surface area contributed by atoms with Gasteiger partial charge in [-0.15, -0.1) is 0 Å². The summed E-state index contributed by atoms with van der Waals surface area (Å²) in [5.41, 5.74) is 6.61. The van der Waals surface area contributed by atoms with E-state index in [4.69, 9.17) is 5.73 Å². The minimum Gasteiger partial charge on any atom is -0.397 e. The highest BCUT2D eigenvalue weighted by molar-refractivity contribution is 5.99. The minimum atomic E-state index is -0.192. The fourth-order valence-electron chi connectivity index (χ4n) is 1.51. The van der Waals surface area contributed by atoms with Crippen LogP contribution in [0.15, 0.2) is 24.5 Å². The van der Waals surface area contributed by atoms with Gasteiger partial charge in [-0.3, -0.25) is 4.79 Å². The van der Waals surface area contributed by atoms with E-state index in [1.165, 1.54) is 0 Å². The van der Waals surface area contributed by atoms with Gasteiger partial charge in [0.1, 0.15) is 5.82 Å². The highest BCUT2D eigenvalue weighted by Gasteiger charge is 2.15. The first kappa shape index (κ1) is 13.0. The number of rotatable bonds is 4. The Morgan fingerprint density at radius 1 is 1.65 bits per heavy atom. The van der Waals surface area contributed by atoms with Crippen LogP contribution in [-0.4, -0.2) is 24.5 Å². The zero-order valence-corrected chi connectivity index (χ0v) is 10.4. The average molecular weight is 234 g/mol. The van der Waals surface area contributed by atoms with Crippen LogP contribution in [0.25, 0.3) is 0 Å². The Morgan fingerprint density at radius 3 is 2.88 bits per heavy atom. The van der Waals surface area contributed by atoms with E-state index >= 15 is 0 Å². The second-order valence-electron chi connectivity index (χ2n) is 3.49. The Labute approximate surface area is 101 Å². The number of hydrogen-bond donors (Lipinski definition) is 2. The maximum absolute atomic E-state index is 11.8. The summed E-state index contributed by atoms with van der Waals surface area (Å²) in [6.07, 6.45) is 5.33. The van der Waals surface area contributed by atoms with Crippen LogP contribution in [0.2, 0.25) is 0 Å². The summed E-state index contributed by atoms with van der Waals surface area (Å²) in [4.78, 5) is 17.9. The third-order valence-electron chi connectivity index (χ3n) is 2.30. The van der Waals surface area contributed by atoms with Gasteiger partial charge in [0.25, 0.3) is 5.91 Å². The van der Waals surface area contributed by atoms with Gasteiger partial charge < -0.3 is 16.0 Å². The molecule has 1 aromatic rings. The SMILES string of the molecule is C/C=C/N(CC)c1ncc(N)cc1C(=O)NC. The van der Waals surface area contributed by atoms with Crippen LogP contribution < -0.4 is 16.0 Å². The van der Waals surface area contributed by atoms with Gasteiger partial charge in [0.15, 0.2) is 0 Å². The summed E-state index contributed by atoms with van der Waals surface area (Å²) < 4.78 is 0. The molecule has 0 bridgehead atoms. The van der Waals surface area contributed by atoms with Crippen LogP contribution in [0.5, 0.6) is 0 Å². The van der Waals surface area contributed by atoms with Gasteiger partial charge >= 0.3 is 0 Å². The molecule has 0 saturated carbocycles. The molecule has 1 aromatic heterocycles. The molecule has 0 aliphatic carbocycles. The Morgan fingerprint density at radius 2 is 2.35 bits per heavy atom. The summed E-state index contributed by atoms with van der Waals surface area (Å²) in [6, 6.07) is 1.63. The van der Waals surface area contributed by atoms with Crippen molar-refractivity contribution in [3.63, 3.8) is 0 Å². The molecule has 92 valence electrons. The molecule has 0 spiro atoms. The summed E-state index contributed by atoms with van der Waals surface area (Å²) in [5, 5.41) is 2.58. The number of carbonyl (C=O) groups is 1. The smallest absolute Gasteiger partial charge is 0.254 e. The molecule has 0 fully saturated rings. The van der Waals surface area contributed by atoms with Crippen molar-refractivity contribution in [3.05, 3.63) is 30.1 Å². The number of carbonyl (C=O) groups excluding carboxylic acids is 1. The Kier molecular flexibility index (Phi) is 4.51. The van der Waals surface area contributed by atoms with E-state index in [2.05, 4.69) is 10.3 Å². The van der Waals surface area contributed by atoms with Crippen LogP contribution >= 0.6 is 0 Å². The van der Waals surface area contributed by atoms with E-state index in [0.717, 1.165) is 6.54 Å². The third-order valence-corrected chi connectivity index (χ3v) is 2.30. The fraction of sp³-hybridized carbons (Fsp3) is 0.333. The molecular weight excluding hydrogens is 216 g/mol. The number of pyridine rings is 1. The number of hydrogen-bond acceptors (Lipinski definition) is 4. The second kappa shape index (κ2) is 5.89. The van der Waals surface area contributed by atoms with E-state index in [9.17, 15) is 4.79 Å². The number of aromatic nitrogens is 1. The van der Waals surface area contributed by atoms with Gasteiger partial charge in [-0.05, 0) is 19.9 Å². The number of anilines is 2. The maximum Gasteiger partial charge on any atom is 0.254 e. The highest BCUT2D eigenvalue weighted by Crippen LogP contribution is 2.20. The van der Waals surface area contributed by atoms with Crippen LogP contribution in [-0.2, 0) is 0 Å². The first-order valence-corrected chi connectivity index (χ1v) is 5.51. The van der Waals surface area contributed by atoms with Crippen LogP contribution in [0.1, 0.15) is 24.2 Å². The molecule has 0 atom stereocenters. The lowest BCUT2D eigenvalue weighted by atomic mass is 10.2. The molecule has 0 aliphatic heterocycles. The summed E-state index contributed by atoms with van der Waals surface area (Å²) in [5.74, 6) is 0.418. The number of amides is 1. The number of nitrogens with zero attached hydrogens (tertiary/aromatic N) is 2. The van der Waals surface area contributed by atoms with Gasteiger partial charge in [0, 0.05) is 19.8 Å². The molecule has 1 amide bonds. The van der Waals surface area contributed by atoms with Gasteiger partial charge in [-0.1, -0.05) is 6.08 Å². The molecule has 5 nitrogen and oxygen atoms in total. The minimum absolute atomic E-state index is 0.192. The van der Waals surface area contributed by atoms with Crippen molar-refractivity contribution in [2.75, 3.05) is 24.2 Å². The molecule has 0 saturated heterocycles. The largest absolute Gasteiger partial charge is 0.397 e. The zero-order chi connectivity index (χ0) is 12.8. The second-order valence-corrected chi connectivity index (χ2v) is 3.49. The lowest BCUT2D eigenvalue weighted by Crippen LogP contribution is -2.25. The molecule has 1 rings (SSSR count). The quantitative estimate of drug-likeness (QED) is 0.825. The van der Waals surface area contributed by atoms with Gasteiger partial charge in [0.05, 0.1) is 17.4 Å². The number of nitrogens with two attached hydrogens (primary N) is 1. The molecule has 0 aliphatic rings. The predicted molar refractivity (Wildman–Crippen MR) is 69.9 cm³/mol. The molecule has 17 heavy (non-hydrogen) atoms. The van der Waals surface area contributed by atoms with Crippen molar-refractivity contribution < 1.29 is 4.79 Å². The number of nitrogen functional groups attached to an aromatic ring is 1. The molecule has 0 radical (unpaired) electrons. The molecular formula is C12H18N4O. The Hall–Kier alpha value is -2.04. The van der Waals surface area contributed by atoms with Crippen molar-refractivity contribution in [1.29, 1.82) is 0 Å². The van der Waals surface area contributed by atoms with Crippen molar-refractivity contribution in [2.45, 2.75) is 13.8 Å². The van der Waals surface area contributed by atoms with Crippen LogP contribution in [0.4, 0.5) is 11.5 Å². The monoisotopic (exact) mass is 234 g/mol. The van der Waals surface area contributed by atoms with Crippen molar-refractivity contribution in [3.8, 4) is 0 Å². The molecule has 5 heteroatoms. The van der Waals surface area contributed by atoms with E-state index in [1.807, 2.05) is 31.0 Å². The standard InChI is InChI=1S/C12H18N4O/c1-4-6-16(5-2)11-10(12(17)14-3)7-9(13)8-15-11/h4,6-8H,5,13H2,1-3H3,(H,14,17)/b6-4+. The Balaban J connectivity index is 3.26. The van der Waals surface area contributed by atoms with Crippen LogP contribution in [0, 0.1) is 0 Å². The lowest BCUT2D eigenvalue weighted by Gasteiger charge is -2.20. The lowest BCUT2D eigenvalue weighted by molar-refractivity contribution is 0.0963. The molecule has 1 heterocycles. The highest BCUT2D eigenvalue weighted by atomic mass is 16.1. The number of nitrogens with one attached hydrogen (secondary N) is 1. The first-order chi connectivity index (χ1) is 8.13. The average Bonchev–Trinajstić information content (AvgIpc) is 2.35. The Bertz CT molecular complexity index is 429. The first-order valence-electron chi connectivity index (χ1n) is 5.51. The van der Waals surface area contributed by atoms with Gasteiger partial charge in [-0.2, -0.15) is 0 Å². The van der Waals surface area contributed by atoms with E-state index in [0.29, 0.717) is 17.1 Å². The maximum atomic E-state index is 11.8. The molecule has 3 N–H and O–H groups in total. The summed E-state index contributed by atoms with van der Waals surface area (Å²) in [6.45, 7) is 4.64. The molecule has 0 unspecified atom stereocenters. The van der Waals surface area contributed by atoms with E-state index < -0.39 is 0 Å². The summed E-state index contributed by atoms with van der Waals surface area (Å²) in [7, 11) is 1.58. The molecule has 0 aromatic carbocycles. The van der Waals surface area contributed by atoms with Gasteiger partial charge in [0.2, 0.25) is 0 Å². The normalized spacial score (nSPS) is 10.5. The van der Waals surface area contributed by atoms with E-state index in [1.54, 1.807) is 19.3 Å². The fourth-order valence-corrected chi connectivity index (χ4v) is 1.51. The summed E-state index contributed by atoms with van der Waals surface area (Å²) >= 11 is 0. The third kappa shape index (κ3) is 2.96.